The number of carbonyl (C=O) groups is 2. The van der Waals surface area contributed by atoms with Crippen molar-refractivity contribution in [3.05, 3.63) is 11.6 Å². The summed E-state index contributed by atoms with van der Waals surface area (Å²) in [5, 5.41) is 8.84. The molecular weight excluding hydrogens is 475 g/mol. The zero-order valence-corrected chi connectivity index (χ0v) is 27.1. The summed E-state index contributed by atoms with van der Waals surface area (Å²) in [4.78, 5) is 22.9. The van der Waals surface area contributed by atoms with Crippen molar-refractivity contribution in [1.29, 1.82) is 0 Å². The number of rotatable bonds is 9. The molecule has 4 aliphatic rings. The minimum absolute atomic E-state index is 0. The first kappa shape index (κ1) is 30.9. The van der Waals surface area contributed by atoms with Crippen molar-refractivity contribution in [2.45, 2.75) is 124 Å². The summed E-state index contributed by atoms with van der Waals surface area (Å²) in [6.07, 6.45) is 16.0. The Labute approximate surface area is 264 Å². The van der Waals surface area contributed by atoms with Crippen LogP contribution in [0.15, 0.2) is 11.6 Å². The molecule has 0 aromatic heterocycles. The van der Waals surface area contributed by atoms with Gasteiger partial charge in [-0.3, -0.25) is 9.59 Å². The van der Waals surface area contributed by atoms with E-state index in [1.807, 2.05) is 0 Å². The molecule has 3 saturated carbocycles. The van der Waals surface area contributed by atoms with Crippen molar-refractivity contribution in [1.82, 2.24) is 0 Å². The molecular formula is C31H51KO4. The molecule has 0 bridgehead atoms. The number of carbonyl (C=O) groups excluding carboxylic acids is 1. The van der Waals surface area contributed by atoms with Crippen LogP contribution in [0.2, 0.25) is 0 Å². The standard InChI is InChI=1S/C31H50O4.K.H/c1-20(2)7-6-8-21(3)25-11-12-26-24-10-9-22-19-23(35-29(34)14-13-28(32)33)15-17-30(22,4)27(24)16-18-31(25,26)5;;/h9,20-21,23-27H,6-8,10-19H2,1-5H3,(H,32,33);;/q;+1;-1/t21-,23+,24+,25-,26+,27+,30+,31-;;/m1../s1. The molecule has 4 nitrogen and oxygen atoms in total. The fraction of sp³-hybridized carbons (Fsp3) is 0.871. The van der Waals surface area contributed by atoms with Crippen LogP contribution in [0.5, 0.6) is 0 Å². The first-order chi connectivity index (χ1) is 16.5. The molecule has 3 fully saturated rings. The molecule has 0 aliphatic heterocycles. The molecule has 4 rings (SSSR count). The molecule has 0 heterocycles. The predicted molar refractivity (Wildman–Crippen MR) is 141 cm³/mol. The second-order valence-electron chi connectivity index (χ2n) is 13.5. The van der Waals surface area contributed by atoms with Crippen molar-refractivity contribution >= 4 is 11.9 Å². The van der Waals surface area contributed by atoms with E-state index in [0.29, 0.717) is 5.41 Å². The van der Waals surface area contributed by atoms with Crippen molar-refractivity contribution in [2.75, 3.05) is 0 Å². The van der Waals surface area contributed by atoms with Gasteiger partial charge in [-0.15, -0.1) is 0 Å². The van der Waals surface area contributed by atoms with E-state index in [1.54, 1.807) is 0 Å². The number of carboxylic acids is 1. The van der Waals surface area contributed by atoms with Crippen molar-refractivity contribution in [3.8, 4) is 0 Å². The van der Waals surface area contributed by atoms with Gasteiger partial charge in [0.25, 0.3) is 0 Å². The molecule has 4 aliphatic carbocycles. The smallest absolute Gasteiger partial charge is 1.00 e. The average Bonchev–Trinajstić information content (AvgIpc) is 3.15. The Hall–Kier alpha value is 0.316. The molecule has 5 heteroatoms. The zero-order chi connectivity index (χ0) is 25.4. The molecule has 0 unspecified atom stereocenters. The number of ether oxygens (including phenoxy) is 1. The van der Waals surface area contributed by atoms with E-state index < -0.39 is 5.97 Å². The number of allylic oxidation sites excluding steroid dienone is 1. The maximum atomic E-state index is 12.1. The largest absolute Gasteiger partial charge is 1.00 e. The maximum absolute atomic E-state index is 12.1. The Morgan fingerprint density at radius 2 is 1.81 bits per heavy atom. The van der Waals surface area contributed by atoms with Gasteiger partial charge >= 0.3 is 63.3 Å². The fourth-order valence-corrected chi connectivity index (χ4v) is 9.21. The predicted octanol–water partition coefficient (Wildman–Crippen LogP) is 4.92. The van der Waals surface area contributed by atoms with E-state index in [0.717, 1.165) is 54.8 Å². The van der Waals surface area contributed by atoms with Crippen LogP contribution >= 0.6 is 0 Å². The van der Waals surface area contributed by atoms with Gasteiger partial charge in [-0.2, -0.15) is 0 Å². The van der Waals surface area contributed by atoms with Gasteiger partial charge in [0.1, 0.15) is 6.10 Å². The van der Waals surface area contributed by atoms with Gasteiger partial charge in [0.15, 0.2) is 0 Å². The Morgan fingerprint density at radius 3 is 2.50 bits per heavy atom. The molecule has 0 aromatic carbocycles. The van der Waals surface area contributed by atoms with Crippen LogP contribution in [0.1, 0.15) is 120 Å². The van der Waals surface area contributed by atoms with Gasteiger partial charge in [0, 0.05) is 6.42 Å². The molecule has 1 N–H and O–H groups in total. The van der Waals surface area contributed by atoms with Gasteiger partial charge in [-0.25, -0.2) is 0 Å². The van der Waals surface area contributed by atoms with Gasteiger partial charge in [-0.1, -0.05) is 65.5 Å². The summed E-state index contributed by atoms with van der Waals surface area (Å²) < 4.78 is 5.70. The quantitative estimate of drug-likeness (QED) is 0.263. The van der Waals surface area contributed by atoms with Crippen LogP contribution in [0, 0.1) is 46.3 Å². The Kier molecular flexibility index (Phi) is 10.8. The Bertz CT molecular complexity index is 828. The Balaban J connectivity index is 0.00000241. The maximum Gasteiger partial charge on any atom is 1.00 e. The third-order valence-electron chi connectivity index (χ3n) is 11.1. The fourth-order valence-electron chi connectivity index (χ4n) is 9.21. The summed E-state index contributed by atoms with van der Waals surface area (Å²) in [6.45, 7) is 12.4. The van der Waals surface area contributed by atoms with Crippen LogP contribution < -0.4 is 51.4 Å². The summed E-state index contributed by atoms with van der Waals surface area (Å²) >= 11 is 0. The molecule has 0 spiro atoms. The minimum Gasteiger partial charge on any atom is -1.00 e. The summed E-state index contributed by atoms with van der Waals surface area (Å²) in [6, 6.07) is 0. The van der Waals surface area contributed by atoms with E-state index in [1.165, 1.54) is 56.9 Å². The summed E-state index contributed by atoms with van der Waals surface area (Å²) in [5.41, 5.74) is 2.27. The van der Waals surface area contributed by atoms with Gasteiger partial charge < -0.3 is 11.3 Å². The summed E-state index contributed by atoms with van der Waals surface area (Å²) in [5.74, 6) is 3.68. The zero-order valence-electron chi connectivity index (χ0n) is 25.0. The van der Waals surface area contributed by atoms with Gasteiger partial charge in [0.05, 0.1) is 12.8 Å². The third-order valence-corrected chi connectivity index (χ3v) is 11.1. The number of carboxylic acid groups (broad SMARTS) is 1. The van der Waals surface area contributed by atoms with Crippen LogP contribution in [0.25, 0.3) is 0 Å². The molecule has 0 radical (unpaired) electrons. The summed E-state index contributed by atoms with van der Waals surface area (Å²) in [7, 11) is 0. The first-order valence-corrected chi connectivity index (χ1v) is 14.7. The monoisotopic (exact) mass is 526 g/mol. The molecule has 36 heavy (non-hydrogen) atoms. The van der Waals surface area contributed by atoms with E-state index in [4.69, 9.17) is 9.84 Å². The van der Waals surface area contributed by atoms with Crippen molar-refractivity contribution in [2.24, 2.45) is 46.3 Å². The number of aliphatic carboxylic acids is 1. The minimum atomic E-state index is -0.942. The number of hydrogen-bond donors (Lipinski definition) is 1. The number of fused-ring (bicyclic) bond motifs is 5. The first-order valence-electron chi connectivity index (χ1n) is 14.7. The van der Waals surface area contributed by atoms with Gasteiger partial charge in [0.2, 0.25) is 0 Å². The topological polar surface area (TPSA) is 63.6 Å². The van der Waals surface area contributed by atoms with E-state index in [-0.39, 0.29) is 83.1 Å². The van der Waals surface area contributed by atoms with Crippen LogP contribution in [-0.4, -0.2) is 23.1 Å². The average molecular weight is 527 g/mol. The van der Waals surface area contributed by atoms with E-state index in [9.17, 15) is 9.59 Å². The third kappa shape index (κ3) is 6.37. The van der Waals surface area contributed by atoms with Crippen LogP contribution in [-0.2, 0) is 14.3 Å². The SMILES string of the molecule is CC(C)CCC[C@@H](C)[C@H]1CC[C@H]2[C@@H]3CC=C4C[C@@H](OC(=O)CCC(=O)O)CC[C@]4(C)[C@H]3CC[C@]12C.[H-].[K+]. The Morgan fingerprint density at radius 1 is 1.06 bits per heavy atom. The second kappa shape index (κ2) is 12.7. The van der Waals surface area contributed by atoms with Crippen molar-refractivity contribution < 1.29 is 72.2 Å². The molecule has 8 atom stereocenters. The van der Waals surface area contributed by atoms with Crippen molar-refractivity contribution in [3.63, 3.8) is 0 Å². The molecule has 0 amide bonds. The normalized spacial score (nSPS) is 38.2. The second-order valence-corrected chi connectivity index (χ2v) is 13.5. The number of esters is 1. The van der Waals surface area contributed by atoms with Crippen LogP contribution in [0.4, 0.5) is 0 Å². The molecule has 0 aromatic rings. The number of hydrogen-bond acceptors (Lipinski definition) is 3. The molecule has 200 valence electrons. The van der Waals surface area contributed by atoms with E-state index >= 15 is 0 Å². The molecule has 0 saturated heterocycles. The van der Waals surface area contributed by atoms with E-state index in [2.05, 4.69) is 40.7 Å². The van der Waals surface area contributed by atoms with Crippen LogP contribution in [0.3, 0.4) is 0 Å². The van der Waals surface area contributed by atoms with Gasteiger partial charge in [-0.05, 0) is 91.3 Å².